The number of fused-ring (bicyclic) bond motifs is 1. The maximum absolute atomic E-state index is 12.8. The first kappa shape index (κ1) is 14.4. The summed E-state index contributed by atoms with van der Waals surface area (Å²) >= 11 is 1.58. The van der Waals surface area contributed by atoms with Gasteiger partial charge in [0.05, 0.1) is 4.88 Å². The molecule has 0 radical (unpaired) electrons. The van der Waals surface area contributed by atoms with E-state index >= 15 is 0 Å². The van der Waals surface area contributed by atoms with Gasteiger partial charge >= 0.3 is 0 Å². The first-order valence-corrected chi connectivity index (χ1v) is 8.46. The van der Waals surface area contributed by atoms with Crippen LogP contribution in [0, 0.1) is 5.92 Å². The van der Waals surface area contributed by atoms with Crippen LogP contribution in [0.2, 0.25) is 0 Å². The fraction of sp³-hybridized carbons (Fsp3) is 0.471. The van der Waals surface area contributed by atoms with Crippen LogP contribution in [0.15, 0.2) is 24.3 Å². The standard InChI is InChI=1S/C17H22N2OS/c1-11(2)7-8-19(14-4-5-14)17(20)16-10-12-9-13(18)3-6-15(12)21-16/h3,6,9-11,14H,4-5,7-8,18H2,1-2H3. The largest absolute Gasteiger partial charge is 0.399 e. The molecular formula is C17H22N2OS. The van der Waals surface area contributed by atoms with E-state index in [0.717, 1.165) is 46.5 Å². The summed E-state index contributed by atoms with van der Waals surface area (Å²) in [7, 11) is 0. The lowest BCUT2D eigenvalue weighted by Crippen LogP contribution is -2.34. The maximum Gasteiger partial charge on any atom is 0.264 e. The first-order chi connectivity index (χ1) is 10.0. The van der Waals surface area contributed by atoms with E-state index in [1.54, 1.807) is 11.3 Å². The topological polar surface area (TPSA) is 46.3 Å². The lowest BCUT2D eigenvalue weighted by atomic mass is 10.1. The molecule has 1 aliphatic carbocycles. The second kappa shape index (κ2) is 5.68. The van der Waals surface area contributed by atoms with Gasteiger partial charge < -0.3 is 10.6 Å². The van der Waals surface area contributed by atoms with E-state index in [2.05, 4.69) is 18.7 Å². The summed E-state index contributed by atoms with van der Waals surface area (Å²) < 4.78 is 1.13. The molecule has 3 nitrogen and oxygen atoms in total. The minimum Gasteiger partial charge on any atom is -0.399 e. The number of rotatable bonds is 5. The first-order valence-electron chi connectivity index (χ1n) is 7.64. The molecule has 0 saturated heterocycles. The number of anilines is 1. The Bertz CT molecular complexity index is 658. The Morgan fingerprint density at radius 2 is 2.14 bits per heavy atom. The number of carbonyl (C=O) groups excluding carboxylic acids is 1. The fourth-order valence-corrected chi connectivity index (χ4v) is 3.54. The van der Waals surface area contributed by atoms with E-state index in [-0.39, 0.29) is 5.91 Å². The van der Waals surface area contributed by atoms with Gasteiger partial charge in [-0.15, -0.1) is 11.3 Å². The molecule has 2 N–H and O–H groups in total. The molecule has 1 aromatic heterocycles. The van der Waals surface area contributed by atoms with Gasteiger partial charge in [0.1, 0.15) is 0 Å². The van der Waals surface area contributed by atoms with Crippen LogP contribution in [0.5, 0.6) is 0 Å². The van der Waals surface area contributed by atoms with E-state index in [4.69, 9.17) is 5.73 Å². The van der Waals surface area contributed by atoms with Gasteiger partial charge in [-0.1, -0.05) is 13.8 Å². The number of nitrogen functional groups attached to an aromatic ring is 1. The van der Waals surface area contributed by atoms with Crippen molar-refractivity contribution in [1.82, 2.24) is 4.90 Å². The molecular weight excluding hydrogens is 280 g/mol. The highest BCUT2D eigenvalue weighted by Crippen LogP contribution is 2.33. The molecule has 2 aromatic rings. The summed E-state index contributed by atoms with van der Waals surface area (Å²) in [4.78, 5) is 15.7. The van der Waals surface area contributed by atoms with Crippen molar-refractivity contribution < 1.29 is 4.79 Å². The molecule has 0 spiro atoms. The lowest BCUT2D eigenvalue weighted by Gasteiger charge is -2.22. The summed E-state index contributed by atoms with van der Waals surface area (Å²) in [6.07, 6.45) is 3.38. The van der Waals surface area contributed by atoms with Gasteiger partial charge in [0.25, 0.3) is 5.91 Å². The zero-order valence-electron chi connectivity index (χ0n) is 12.6. The average Bonchev–Trinajstić information content (AvgIpc) is 3.17. The molecule has 112 valence electrons. The molecule has 0 unspecified atom stereocenters. The predicted octanol–water partition coefficient (Wildman–Crippen LogP) is 4.13. The monoisotopic (exact) mass is 302 g/mol. The molecule has 4 heteroatoms. The van der Waals surface area contributed by atoms with Gasteiger partial charge in [0.15, 0.2) is 0 Å². The van der Waals surface area contributed by atoms with Gasteiger partial charge in [-0.05, 0) is 54.8 Å². The summed E-state index contributed by atoms with van der Waals surface area (Å²) in [5.74, 6) is 0.819. The Morgan fingerprint density at radius 3 is 2.81 bits per heavy atom. The van der Waals surface area contributed by atoms with Crippen LogP contribution in [-0.2, 0) is 0 Å². The molecule has 1 amide bonds. The van der Waals surface area contributed by atoms with Gasteiger partial charge in [0.2, 0.25) is 0 Å². The van der Waals surface area contributed by atoms with Crippen molar-refractivity contribution >= 4 is 33.0 Å². The SMILES string of the molecule is CC(C)CCN(C(=O)c1cc2cc(N)ccc2s1)C1CC1. The Balaban J connectivity index is 1.83. The minimum atomic E-state index is 0.193. The van der Waals surface area contributed by atoms with Crippen LogP contribution < -0.4 is 5.73 Å². The van der Waals surface area contributed by atoms with Crippen LogP contribution in [-0.4, -0.2) is 23.4 Å². The van der Waals surface area contributed by atoms with Crippen LogP contribution in [0.3, 0.4) is 0 Å². The van der Waals surface area contributed by atoms with Gasteiger partial charge in [-0.2, -0.15) is 0 Å². The Kier molecular flexibility index (Phi) is 3.89. The summed E-state index contributed by atoms with van der Waals surface area (Å²) in [5, 5.41) is 1.07. The van der Waals surface area contributed by atoms with E-state index in [1.165, 1.54) is 0 Å². The van der Waals surface area contributed by atoms with Crippen LogP contribution in [0.25, 0.3) is 10.1 Å². The van der Waals surface area contributed by atoms with E-state index < -0.39 is 0 Å². The van der Waals surface area contributed by atoms with E-state index in [9.17, 15) is 4.79 Å². The van der Waals surface area contributed by atoms with Crippen molar-refractivity contribution in [2.24, 2.45) is 5.92 Å². The van der Waals surface area contributed by atoms with Gasteiger partial charge in [0, 0.05) is 23.0 Å². The Labute approximate surface area is 129 Å². The number of nitrogens with two attached hydrogens (primary N) is 1. The van der Waals surface area contributed by atoms with Crippen molar-refractivity contribution in [3.05, 3.63) is 29.1 Å². The van der Waals surface area contributed by atoms with Gasteiger partial charge in [-0.3, -0.25) is 4.79 Å². The second-order valence-electron chi connectivity index (χ2n) is 6.32. The highest BCUT2D eigenvalue weighted by Gasteiger charge is 2.33. The quantitative estimate of drug-likeness (QED) is 0.844. The molecule has 1 aliphatic rings. The molecule has 0 aliphatic heterocycles. The van der Waals surface area contributed by atoms with Crippen LogP contribution >= 0.6 is 11.3 Å². The number of hydrogen-bond donors (Lipinski definition) is 1. The van der Waals surface area contributed by atoms with Crippen LogP contribution in [0.1, 0.15) is 42.8 Å². The van der Waals surface area contributed by atoms with Crippen LogP contribution in [0.4, 0.5) is 5.69 Å². The lowest BCUT2D eigenvalue weighted by molar-refractivity contribution is 0.0740. The predicted molar refractivity (Wildman–Crippen MR) is 89.8 cm³/mol. The molecule has 1 saturated carbocycles. The highest BCUT2D eigenvalue weighted by molar-refractivity contribution is 7.20. The third kappa shape index (κ3) is 3.21. The molecule has 21 heavy (non-hydrogen) atoms. The van der Waals surface area contributed by atoms with Gasteiger partial charge in [-0.25, -0.2) is 0 Å². The number of amides is 1. The normalized spacial score (nSPS) is 14.8. The van der Waals surface area contributed by atoms with Crippen molar-refractivity contribution in [2.75, 3.05) is 12.3 Å². The fourth-order valence-electron chi connectivity index (χ4n) is 2.54. The van der Waals surface area contributed by atoms with Crippen molar-refractivity contribution in [1.29, 1.82) is 0 Å². The number of thiophene rings is 1. The smallest absolute Gasteiger partial charge is 0.264 e. The molecule has 0 bridgehead atoms. The molecule has 1 fully saturated rings. The summed E-state index contributed by atoms with van der Waals surface area (Å²) in [6.45, 7) is 5.28. The number of hydrogen-bond acceptors (Lipinski definition) is 3. The second-order valence-corrected chi connectivity index (χ2v) is 7.40. The van der Waals surface area contributed by atoms with E-state index in [0.29, 0.717) is 12.0 Å². The summed E-state index contributed by atoms with van der Waals surface area (Å²) in [5.41, 5.74) is 6.57. The third-order valence-corrected chi connectivity index (χ3v) is 5.05. The molecule has 0 atom stereocenters. The van der Waals surface area contributed by atoms with Crippen molar-refractivity contribution in [3.63, 3.8) is 0 Å². The third-order valence-electron chi connectivity index (χ3n) is 3.95. The van der Waals surface area contributed by atoms with Crippen molar-refractivity contribution in [3.8, 4) is 0 Å². The summed E-state index contributed by atoms with van der Waals surface area (Å²) in [6, 6.07) is 8.29. The zero-order valence-corrected chi connectivity index (χ0v) is 13.5. The average molecular weight is 302 g/mol. The molecule has 1 heterocycles. The molecule has 1 aromatic carbocycles. The maximum atomic E-state index is 12.8. The Hall–Kier alpha value is -1.55. The Morgan fingerprint density at radius 1 is 1.38 bits per heavy atom. The number of benzene rings is 1. The highest BCUT2D eigenvalue weighted by atomic mass is 32.1. The van der Waals surface area contributed by atoms with Crippen molar-refractivity contribution in [2.45, 2.75) is 39.2 Å². The minimum absolute atomic E-state index is 0.193. The van der Waals surface area contributed by atoms with E-state index in [1.807, 2.05) is 24.3 Å². The number of nitrogens with zero attached hydrogens (tertiary/aromatic N) is 1. The number of carbonyl (C=O) groups is 1. The zero-order chi connectivity index (χ0) is 15.0. The molecule has 3 rings (SSSR count).